The SMILES string of the molecule is COC(CNC(=O)C1(S(C)(=O)=O)CCNCC1)C(C)(C)C. The number of hydrogen-bond donors (Lipinski definition) is 2. The van der Waals surface area contributed by atoms with Gasteiger partial charge in [0.2, 0.25) is 5.91 Å². The lowest BCUT2D eigenvalue weighted by Gasteiger charge is -2.36. The zero-order valence-corrected chi connectivity index (χ0v) is 14.5. The van der Waals surface area contributed by atoms with Gasteiger partial charge in [-0.05, 0) is 31.3 Å². The average Bonchev–Trinajstić information content (AvgIpc) is 2.37. The van der Waals surface area contributed by atoms with Crippen LogP contribution in [0.1, 0.15) is 33.6 Å². The van der Waals surface area contributed by atoms with E-state index >= 15 is 0 Å². The Morgan fingerprint density at radius 1 is 1.33 bits per heavy atom. The molecule has 0 aromatic heterocycles. The second kappa shape index (κ2) is 6.62. The lowest BCUT2D eigenvalue weighted by molar-refractivity contribution is -0.125. The minimum absolute atomic E-state index is 0.131. The number of amides is 1. The van der Waals surface area contributed by atoms with Crippen molar-refractivity contribution in [2.24, 2.45) is 5.41 Å². The van der Waals surface area contributed by atoms with Gasteiger partial charge in [0.05, 0.1) is 6.10 Å². The van der Waals surface area contributed by atoms with Crippen molar-refractivity contribution in [3.05, 3.63) is 0 Å². The van der Waals surface area contributed by atoms with Crippen molar-refractivity contribution in [2.75, 3.05) is 33.0 Å². The predicted octanol–water partition coefficient (Wildman–Crippen LogP) is 0.331. The van der Waals surface area contributed by atoms with Crippen molar-refractivity contribution in [2.45, 2.75) is 44.5 Å². The van der Waals surface area contributed by atoms with Gasteiger partial charge in [0.25, 0.3) is 0 Å². The maximum atomic E-state index is 12.5. The Labute approximate surface area is 127 Å². The van der Waals surface area contributed by atoms with Gasteiger partial charge >= 0.3 is 0 Å². The van der Waals surface area contributed by atoms with Crippen molar-refractivity contribution >= 4 is 15.7 Å². The van der Waals surface area contributed by atoms with E-state index in [9.17, 15) is 13.2 Å². The quantitative estimate of drug-likeness (QED) is 0.763. The van der Waals surface area contributed by atoms with Crippen LogP contribution in [0.15, 0.2) is 0 Å². The molecule has 1 amide bonds. The highest BCUT2D eigenvalue weighted by molar-refractivity contribution is 7.92. The predicted molar refractivity (Wildman–Crippen MR) is 82.9 cm³/mol. The highest BCUT2D eigenvalue weighted by atomic mass is 32.2. The summed E-state index contributed by atoms with van der Waals surface area (Å²) in [4.78, 5) is 12.5. The Morgan fingerprint density at radius 3 is 2.24 bits per heavy atom. The van der Waals surface area contributed by atoms with Crippen molar-refractivity contribution < 1.29 is 17.9 Å². The summed E-state index contributed by atoms with van der Waals surface area (Å²) >= 11 is 0. The molecule has 1 unspecified atom stereocenters. The zero-order chi connectivity index (χ0) is 16.3. The molecule has 2 N–H and O–H groups in total. The normalized spacial score (nSPS) is 20.8. The Bertz CT molecular complexity index is 462. The summed E-state index contributed by atoms with van der Waals surface area (Å²) in [7, 11) is -1.87. The third kappa shape index (κ3) is 4.17. The Kier molecular flexibility index (Phi) is 5.80. The Balaban J connectivity index is 2.84. The molecule has 1 fully saturated rings. The summed E-state index contributed by atoms with van der Waals surface area (Å²) in [5.41, 5.74) is -0.131. The van der Waals surface area contributed by atoms with E-state index in [-0.39, 0.29) is 11.5 Å². The van der Waals surface area contributed by atoms with Crippen LogP contribution in [0, 0.1) is 5.41 Å². The highest BCUT2D eigenvalue weighted by Crippen LogP contribution is 2.28. The van der Waals surface area contributed by atoms with Crippen LogP contribution >= 0.6 is 0 Å². The third-order valence-electron chi connectivity index (χ3n) is 4.23. The molecule has 7 heteroatoms. The first-order chi connectivity index (χ1) is 9.54. The van der Waals surface area contributed by atoms with E-state index in [0.29, 0.717) is 32.5 Å². The average molecular weight is 320 g/mol. The van der Waals surface area contributed by atoms with E-state index in [0.717, 1.165) is 6.26 Å². The summed E-state index contributed by atoms with van der Waals surface area (Å²) in [6, 6.07) is 0. The molecule has 6 nitrogen and oxygen atoms in total. The largest absolute Gasteiger partial charge is 0.379 e. The molecule has 0 radical (unpaired) electrons. The van der Waals surface area contributed by atoms with Crippen LogP contribution < -0.4 is 10.6 Å². The molecule has 0 spiro atoms. The van der Waals surface area contributed by atoms with E-state index in [1.165, 1.54) is 0 Å². The first-order valence-corrected chi connectivity index (χ1v) is 9.15. The molecule has 0 aromatic carbocycles. The number of nitrogens with one attached hydrogen (secondary N) is 2. The van der Waals surface area contributed by atoms with E-state index in [2.05, 4.69) is 10.6 Å². The number of carbonyl (C=O) groups excluding carboxylic acids is 1. The maximum absolute atomic E-state index is 12.5. The molecule has 124 valence electrons. The fraction of sp³-hybridized carbons (Fsp3) is 0.929. The van der Waals surface area contributed by atoms with E-state index in [1.807, 2.05) is 20.8 Å². The number of methoxy groups -OCH3 is 1. The van der Waals surface area contributed by atoms with Gasteiger partial charge in [-0.25, -0.2) is 8.42 Å². The van der Waals surface area contributed by atoms with Crippen LogP contribution in [-0.4, -0.2) is 58.2 Å². The van der Waals surface area contributed by atoms with Crippen LogP contribution in [-0.2, 0) is 19.4 Å². The Morgan fingerprint density at radius 2 is 1.86 bits per heavy atom. The molecule has 1 heterocycles. The van der Waals surface area contributed by atoms with Gasteiger partial charge in [0, 0.05) is 19.9 Å². The summed E-state index contributed by atoms with van der Waals surface area (Å²) in [6.45, 7) is 7.43. The first kappa shape index (κ1) is 18.4. The molecular formula is C14H28N2O4S. The molecule has 1 aliphatic heterocycles. The second-order valence-corrected chi connectivity index (χ2v) is 9.14. The van der Waals surface area contributed by atoms with Crippen LogP contribution in [0.3, 0.4) is 0 Å². The lowest BCUT2D eigenvalue weighted by Crippen LogP contribution is -2.58. The molecule has 0 saturated carbocycles. The van der Waals surface area contributed by atoms with Crippen LogP contribution in [0.4, 0.5) is 0 Å². The van der Waals surface area contributed by atoms with Crippen LogP contribution in [0.25, 0.3) is 0 Å². The molecule has 0 bridgehead atoms. The van der Waals surface area contributed by atoms with E-state index < -0.39 is 20.5 Å². The molecule has 0 aliphatic carbocycles. The van der Waals surface area contributed by atoms with Crippen molar-refractivity contribution in [3.8, 4) is 0 Å². The molecule has 0 aromatic rings. The fourth-order valence-electron chi connectivity index (χ4n) is 2.69. The van der Waals surface area contributed by atoms with Gasteiger partial charge in [-0.1, -0.05) is 20.8 Å². The number of piperidine rings is 1. The van der Waals surface area contributed by atoms with Gasteiger partial charge in [0.1, 0.15) is 0 Å². The maximum Gasteiger partial charge on any atom is 0.241 e. The first-order valence-electron chi connectivity index (χ1n) is 7.26. The molecule has 21 heavy (non-hydrogen) atoms. The monoisotopic (exact) mass is 320 g/mol. The Hall–Kier alpha value is -0.660. The number of hydrogen-bond acceptors (Lipinski definition) is 5. The minimum Gasteiger partial charge on any atom is -0.379 e. The molecule has 1 saturated heterocycles. The second-order valence-electron chi connectivity index (χ2n) is 6.82. The topological polar surface area (TPSA) is 84.5 Å². The van der Waals surface area contributed by atoms with Crippen LogP contribution in [0.2, 0.25) is 0 Å². The lowest BCUT2D eigenvalue weighted by atomic mass is 9.88. The summed E-state index contributed by atoms with van der Waals surface area (Å²) < 4.78 is 28.4. The molecule has 1 aliphatic rings. The molecule has 1 atom stereocenters. The van der Waals surface area contributed by atoms with E-state index in [1.54, 1.807) is 7.11 Å². The smallest absolute Gasteiger partial charge is 0.241 e. The third-order valence-corrected chi connectivity index (χ3v) is 6.25. The fourth-order valence-corrected chi connectivity index (χ4v) is 4.04. The van der Waals surface area contributed by atoms with Crippen molar-refractivity contribution in [3.63, 3.8) is 0 Å². The number of sulfone groups is 1. The highest BCUT2D eigenvalue weighted by Gasteiger charge is 2.48. The summed E-state index contributed by atoms with van der Waals surface area (Å²) in [5.74, 6) is -0.405. The molecular weight excluding hydrogens is 292 g/mol. The van der Waals surface area contributed by atoms with Gasteiger partial charge in [-0.2, -0.15) is 0 Å². The number of rotatable bonds is 5. The molecule has 1 rings (SSSR count). The number of carbonyl (C=O) groups is 1. The van der Waals surface area contributed by atoms with Gasteiger partial charge in [-0.15, -0.1) is 0 Å². The van der Waals surface area contributed by atoms with Gasteiger partial charge in [-0.3, -0.25) is 4.79 Å². The van der Waals surface area contributed by atoms with Gasteiger partial charge in [0.15, 0.2) is 14.6 Å². The van der Waals surface area contributed by atoms with Crippen LogP contribution in [0.5, 0.6) is 0 Å². The summed E-state index contributed by atoms with van der Waals surface area (Å²) in [6.07, 6.45) is 1.60. The van der Waals surface area contributed by atoms with Gasteiger partial charge < -0.3 is 15.4 Å². The minimum atomic E-state index is -3.47. The zero-order valence-electron chi connectivity index (χ0n) is 13.7. The standard InChI is InChI=1S/C14H28N2O4S/c1-13(2,3)11(20-4)10-16-12(17)14(21(5,18)19)6-8-15-9-7-14/h11,15H,6-10H2,1-5H3,(H,16,17). The van der Waals surface area contributed by atoms with Crippen molar-refractivity contribution in [1.82, 2.24) is 10.6 Å². The number of ether oxygens (including phenoxy) is 1. The van der Waals surface area contributed by atoms with E-state index in [4.69, 9.17) is 4.74 Å². The summed E-state index contributed by atoms with van der Waals surface area (Å²) in [5, 5.41) is 5.88. The van der Waals surface area contributed by atoms with Crippen molar-refractivity contribution in [1.29, 1.82) is 0 Å².